The van der Waals surface area contributed by atoms with E-state index in [1.807, 2.05) is 50.2 Å². The van der Waals surface area contributed by atoms with Crippen LogP contribution in [0, 0.1) is 13.8 Å². The number of benzene rings is 2. The van der Waals surface area contributed by atoms with Gasteiger partial charge in [0.1, 0.15) is 5.00 Å². The van der Waals surface area contributed by atoms with Crippen LogP contribution in [-0.4, -0.2) is 16.8 Å². The van der Waals surface area contributed by atoms with Gasteiger partial charge < -0.3 is 11.1 Å². The zero-order valence-electron chi connectivity index (χ0n) is 17.7. The van der Waals surface area contributed by atoms with Crippen LogP contribution in [0.25, 0.3) is 22.2 Å². The predicted molar refractivity (Wildman–Crippen MR) is 127 cm³/mol. The molecule has 0 radical (unpaired) electrons. The molecule has 0 spiro atoms. The molecule has 0 bridgehead atoms. The van der Waals surface area contributed by atoms with Gasteiger partial charge in [-0.05, 0) is 43.5 Å². The summed E-state index contributed by atoms with van der Waals surface area (Å²) in [5.74, 6) is -0.845. The third kappa shape index (κ3) is 3.94. The second kappa shape index (κ2) is 8.32. The first-order valence-corrected chi connectivity index (χ1v) is 10.9. The van der Waals surface area contributed by atoms with Gasteiger partial charge in [0.25, 0.3) is 11.8 Å². The highest BCUT2D eigenvalue weighted by molar-refractivity contribution is 7.16. The molecule has 5 nitrogen and oxygen atoms in total. The van der Waals surface area contributed by atoms with E-state index in [2.05, 4.69) is 24.4 Å². The number of hydrogen-bond acceptors (Lipinski definition) is 4. The highest BCUT2D eigenvalue weighted by Crippen LogP contribution is 2.33. The number of carbonyl (C=O) groups excluding carboxylic acids is 2. The minimum atomic E-state index is -0.548. The minimum Gasteiger partial charge on any atom is -0.365 e. The smallest absolute Gasteiger partial charge is 0.257 e. The fraction of sp³-hybridized carbons (Fsp3) is 0.160. The maximum atomic E-state index is 13.3. The Balaban J connectivity index is 1.80. The number of aryl methyl sites for hydroxylation is 2. The zero-order valence-corrected chi connectivity index (χ0v) is 18.5. The lowest BCUT2D eigenvalue weighted by molar-refractivity contribution is 0.100. The van der Waals surface area contributed by atoms with E-state index in [1.165, 1.54) is 16.9 Å². The van der Waals surface area contributed by atoms with Gasteiger partial charge in [-0.15, -0.1) is 11.3 Å². The van der Waals surface area contributed by atoms with Crippen molar-refractivity contribution in [3.8, 4) is 11.3 Å². The van der Waals surface area contributed by atoms with Crippen molar-refractivity contribution in [3.63, 3.8) is 0 Å². The van der Waals surface area contributed by atoms with E-state index in [1.54, 1.807) is 6.07 Å². The molecule has 2 heterocycles. The molecular weight excluding hydrogens is 406 g/mol. The molecule has 4 rings (SSSR count). The van der Waals surface area contributed by atoms with Crippen LogP contribution in [0.4, 0.5) is 5.00 Å². The van der Waals surface area contributed by atoms with Gasteiger partial charge in [0.15, 0.2) is 0 Å². The molecule has 2 amide bonds. The number of carbonyl (C=O) groups is 2. The fourth-order valence-corrected chi connectivity index (χ4v) is 4.67. The van der Waals surface area contributed by atoms with E-state index in [0.29, 0.717) is 16.1 Å². The van der Waals surface area contributed by atoms with Crippen LogP contribution < -0.4 is 11.1 Å². The number of amides is 2. The van der Waals surface area contributed by atoms with Gasteiger partial charge in [0.05, 0.1) is 22.3 Å². The normalized spacial score (nSPS) is 10.9. The van der Waals surface area contributed by atoms with Crippen molar-refractivity contribution >= 4 is 39.1 Å². The number of para-hydroxylation sites is 1. The SMILES string of the molecule is CCc1ccc(-c2cc(C(=O)Nc3sc(C)c(C)c3C(N)=O)c3ccccc3n2)cc1. The highest BCUT2D eigenvalue weighted by atomic mass is 32.1. The Hall–Kier alpha value is -3.51. The van der Waals surface area contributed by atoms with E-state index in [9.17, 15) is 9.59 Å². The summed E-state index contributed by atoms with van der Waals surface area (Å²) in [5, 5.41) is 4.13. The van der Waals surface area contributed by atoms with Crippen LogP contribution in [-0.2, 0) is 6.42 Å². The first-order valence-electron chi connectivity index (χ1n) is 10.1. The average molecular weight is 430 g/mol. The summed E-state index contributed by atoms with van der Waals surface area (Å²) in [6.45, 7) is 5.85. The van der Waals surface area contributed by atoms with E-state index in [0.717, 1.165) is 39.0 Å². The monoisotopic (exact) mass is 429 g/mol. The standard InChI is InChI=1S/C25H23N3O2S/c1-4-16-9-11-17(12-10-16)21-13-19(18-7-5-6-8-20(18)27-21)24(30)28-25-22(23(26)29)14(2)15(3)31-25/h5-13H,4H2,1-3H3,(H2,26,29)(H,28,30). The average Bonchev–Trinajstić information content (AvgIpc) is 3.05. The number of anilines is 1. The lowest BCUT2D eigenvalue weighted by Crippen LogP contribution is -2.18. The second-order valence-corrected chi connectivity index (χ2v) is 8.65. The van der Waals surface area contributed by atoms with Crippen molar-refractivity contribution in [1.29, 1.82) is 0 Å². The summed E-state index contributed by atoms with van der Waals surface area (Å²) < 4.78 is 0. The summed E-state index contributed by atoms with van der Waals surface area (Å²) in [4.78, 5) is 31.0. The largest absolute Gasteiger partial charge is 0.365 e. The number of pyridine rings is 1. The molecule has 0 aliphatic rings. The van der Waals surface area contributed by atoms with Gasteiger partial charge in [-0.2, -0.15) is 0 Å². The van der Waals surface area contributed by atoms with E-state index >= 15 is 0 Å². The number of fused-ring (bicyclic) bond motifs is 1. The maximum Gasteiger partial charge on any atom is 0.257 e. The fourth-order valence-electron chi connectivity index (χ4n) is 3.60. The van der Waals surface area contributed by atoms with Crippen molar-refractivity contribution < 1.29 is 9.59 Å². The number of hydrogen-bond donors (Lipinski definition) is 2. The van der Waals surface area contributed by atoms with Gasteiger partial charge >= 0.3 is 0 Å². The van der Waals surface area contributed by atoms with Crippen LogP contribution in [0.1, 0.15) is 43.6 Å². The Bertz CT molecular complexity index is 1310. The van der Waals surface area contributed by atoms with E-state index in [4.69, 9.17) is 10.7 Å². The molecule has 31 heavy (non-hydrogen) atoms. The molecule has 2 aromatic heterocycles. The minimum absolute atomic E-state index is 0.297. The number of thiophene rings is 1. The van der Waals surface area contributed by atoms with Crippen LogP contribution in [0.5, 0.6) is 0 Å². The molecule has 0 saturated carbocycles. The predicted octanol–water partition coefficient (Wildman–Crippen LogP) is 5.49. The van der Waals surface area contributed by atoms with Crippen molar-refractivity contribution in [2.45, 2.75) is 27.2 Å². The molecule has 0 unspecified atom stereocenters. The summed E-state index contributed by atoms with van der Waals surface area (Å²) in [7, 11) is 0. The molecule has 0 atom stereocenters. The lowest BCUT2D eigenvalue weighted by atomic mass is 10.0. The second-order valence-electron chi connectivity index (χ2n) is 7.43. The van der Waals surface area contributed by atoms with Gasteiger partial charge in [-0.3, -0.25) is 9.59 Å². The Morgan fingerprint density at radius 1 is 1.06 bits per heavy atom. The Labute approximate surface area is 184 Å². The van der Waals surface area contributed by atoms with Crippen molar-refractivity contribution in [2.24, 2.45) is 5.73 Å². The van der Waals surface area contributed by atoms with Crippen molar-refractivity contribution in [1.82, 2.24) is 4.98 Å². The van der Waals surface area contributed by atoms with Gasteiger partial charge in [0.2, 0.25) is 0 Å². The van der Waals surface area contributed by atoms with E-state index in [-0.39, 0.29) is 5.91 Å². The van der Waals surface area contributed by atoms with Crippen LogP contribution in [0.15, 0.2) is 54.6 Å². The number of nitrogens with zero attached hydrogens (tertiary/aromatic N) is 1. The molecule has 0 aliphatic heterocycles. The third-order valence-electron chi connectivity index (χ3n) is 5.48. The summed E-state index contributed by atoms with van der Waals surface area (Å²) >= 11 is 1.35. The first-order chi connectivity index (χ1) is 14.9. The zero-order chi connectivity index (χ0) is 22.1. The number of nitrogens with one attached hydrogen (secondary N) is 1. The summed E-state index contributed by atoms with van der Waals surface area (Å²) in [5.41, 5.74) is 10.9. The summed E-state index contributed by atoms with van der Waals surface area (Å²) in [6, 6.07) is 17.5. The van der Waals surface area contributed by atoms with Crippen LogP contribution >= 0.6 is 11.3 Å². The molecule has 0 aliphatic carbocycles. The molecule has 0 fully saturated rings. The van der Waals surface area contributed by atoms with E-state index < -0.39 is 5.91 Å². The molecule has 0 saturated heterocycles. The lowest BCUT2D eigenvalue weighted by Gasteiger charge is -2.11. The summed E-state index contributed by atoms with van der Waals surface area (Å²) in [6.07, 6.45) is 0.959. The maximum absolute atomic E-state index is 13.3. The molecular formula is C25H23N3O2S. The van der Waals surface area contributed by atoms with Crippen LogP contribution in [0.2, 0.25) is 0 Å². The Morgan fingerprint density at radius 2 is 1.77 bits per heavy atom. The Kier molecular flexibility index (Phi) is 5.57. The van der Waals surface area contributed by atoms with Crippen molar-refractivity contribution in [3.05, 3.63) is 81.7 Å². The van der Waals surface area contributed by atoms with Crippen molar-refractivity contribution in [2.75, 3.05) is 5.32 Å². The van der Waals surface area contributed by atoms with Gasteiger partial charge in [-0.25, -0.2) is 4.98 Å². The first kappa shape index (κ1) is 20.8. The highest BCUT2D eigenvalue weighted by Gasteiger charge is 2.21. The molecule has 3 N–H and O–H groups in total. The number of rotatable bonds is 5. The number of nitrogens with two attached hydrogens (primary N) is 1. The molecule has 2 aromatic carbocycles. The topological polar surface area (TPSA) is 85.1 Å². The third-order valence-corrected chi connectivity index (χ3v) is 6.60. The molecule has 156 valence electrons. The quantitative estimate of drug-likeness (QED) is 0.440. The molecule has 6 heteroatoms. The number of primary amides is 1. The molecule has 4 aromatic rings. The van der Waals surface area contributed by atoms with Gasteiger partial charge in [-0.1, -0.05) is 49.4 Å². The Morgan fingerprint density at radius 3 is 2.45 bits per heavy atom. The van der Waals surface area contributed by atoms with Gasteiger partial charge in [0, 0.05) is 15.8 Å². The van der Waals surface area contributed by atoms with Crippen LogP contribution in [0.3, 0.4) is 0 Å². The number of aromatic nitrogens is 1.